The zero-order valence-corrected chi connectivity index (χ0v) is 11.6. The molecule has 0 saturated carbocycles. The number of nitrogens with zero attached hydrogens (tertiary/aromatic N) is 5. The molecule has 1 radical (unpaired) electrons. The van der Waals surface area contributed by atoms with Gasteiger partial charge < -0.3 is 4.74 Å². The van der Waals surface area contributed by atoms with E-state index in [-0.39, 0.29) is 5.95 Å². The molecule has 22 heavy (non-hydrogen) atoms. The van der Waals surface area contributed by atoms with Crippen LogP contribution in [0.1, 0.15) is 0 Å². The van der Waals surface area contributed by atoms with E-state index in [9.17, 15) is 4.79 Å². The van der Waals surface area contributed by atoms with Crippen LogP contribution in [0.3, 0.4) is 0 Å². The number of aryl methyl sites for hydroxylation is 1. The molecule has 3 rings (SSSR count). The van der Waals surface area contributed by atoms with Crippen LogP contribution in [-0.4, -0.2) is 31.1 Å². The molecule has 0 aromatic carbocycles. The van der Waals surface area contributed by atoms with Crippen molar-refractivity contribution in [2.45, 2.75) is 0 Å². The number of hydrogen-bond donors (Lipinski definition) is 1. The second-order valence-electron chi connectivity index (χ2n) is 4.35. The molecule has 0 atom stereocenters. The predicted octanol–water partition coefficient (Wildman–Crippen LogP) is 1.54. The number of aromatic nitrogens is 5. The molecule has 0 fully saturated rings. The van der Waals surface area contributed by atoms with Gasteiger partial charge in [-0.25, -0.2) is 9.97 Å². The molecular formula is C14H11N6O2. The lowest BCUT2D eigenvalue weighted by molar-refractivity contribution is 0.477. The smallest absolute Gasteiger partial charge is 0.316 e. The van der Waals surface area contributed by atoms with E-state index in [1.807, 2.05) is 13.2 Å². The van der Waals surface area contributed by atoms with Crippen molar-refractivity contribution in [2.24, 2.45) is 7.05 Å². The summed E-state index contributed by atoms with van der Waals surface area (Å²) in [5.74, 6) is 1.20. The second-order valence-corrected chi connectivity index (χ2v) is 4.35. The third-order valence-electron chi connectivity index (χ3n) is 2.76. The van der Waals surface area contributed by atoms with Gasteiger partial charge in [0.1, 0.15) is 5.75 Å². The van der Waals surface area contributed by atoms with E-state index >= 15 is 0 Å². The average Bonchev–Trinajstić information content (AvgIpc) is 2.97. The average molecular weight is 295 g/mol. The van der Waals surface area contributed by atoms with Gasteiger partial charge >= 0.3 is 6.41 Å². The molecule has 109 valence electrons. The first kappa shape index (κ1) is 13.7. The highest BCUT2D eigenvalue weighted by atomic mass is 16.5. The molecule has 3 aromatic heterocycles. The molecule has 1 amide bonds. The van der Waals surface area contributed by atoms with Crippen molar-refractivity contribution in [3.63, 3.8) is 0 Å². The van der Waals surface area contributed by atoms with Gasteiger partial charge in [0.05, 0.1) is 24.3 Å². The van der Waals surface area contributed by atoms with Crippen LogP contribution in [0.15, 0.2) is 43.1 Å². The van der Waals surface area contributed by atoms with Crippen molar-refractivity contribution < 1.29 is 9.53 Å². The van der Waals surface area contributed by atoms with Crippen molar-refractivity contribution in [2.75, 3.05) is 5.32 Å². The minimum Gasteiger partial charge on any atom is -0.454 e. The maximum atomic E-state index is 10.2. The normalized spacial score (nSPS) is 10.2. The third-order valence-corrected chi connectivity index (χ3v) is 2.76. The van der Waals surface area contributed by atoms with Gasteiger partial charge in [-0.3, -0.25) is 19.8 Å². The largest absolute Gasteiger partial charge is 0.454 e. The highest BCUT2D eigenvalue weighted by Crippen LogP contribution is 2.24. The molecule has 0 spiro atoms. The molecule has 8 nitrogen and oxygen atoms in total. The first-order valence-corrected chi connectivity index (χ1v) is 6.33. The number of amides is 1. The minimum atomic E-state index is 0.160. The monoisotopic (exact) mass is 295 g/mol. The summed E-state index contributed by atoms with van der Waals surface area (Å²) in [7, 11) is 1.84. The van der Waals surface area contributed by atoms with Crippen LogP contribution in [0.5, 0.6) is 11.5 Å². The highest BCUT2D eigenvalue weighted by molar-refractivity contribution is 5.67. The fourth-order valence-corrected chi connectivity index (χ4v) is 1.80. The Hall–Kier alpha value is -3.29. The van der Waals surface area contributed by atoms with Gasteiger partial charge in [0.15, 0.2) is 5.75 Å². The summed E-state index contributed by atoms with van der Waals surface area (Å²) in [5.41, 5.74) is 1.64. The quantitative estimate of drug-likeness (QED) is 0.717. The van der Waals surface area contributed by atoms with Gasteiger partial charge in [0.25, 0.3) is 0 Å². The zero-order chi connectivity index (χ0) is 15.4. The number of nitrogens with one attached hydrogen (secondary N) is 1. The SMILES string of the molecule is Cn1cc(-c2cc(Oc3cnc(N[C]=O)nc3)ccn2)cn1. The Morgan fingerprint density at radius 3 is 2.68 bits per heavy atom. The lowest BCUT2D eigenvalue weighted by Gasteiger charge is -2.06. The maximum Gasteiger partial charge on any atom is 0.316 e. The van der Waals surface area contributed by atoms with Gasteiger partial charge in [0, 0.05) is 31.1 Å². The Morgan fingerprint density at radius 1 is 1.18 bits per heavy atom. The fraction of sp³-hybridized carbons (Fsp3) is 0.0714. The van der Waals surface area contributed by atoms with Gasteiger partial charge in [-0.2, -0.15) is 5.10 Å². The van der Waals surface area contributed by atoms with Crippen LogP contribution in [0.25, 0.3) is 11.3 Å². The molecule has 0 unspecified atom stereocenters. The third kappa shape index (κ3) is 3.06. The molecule has 0 aliphatic rings. The van der Waals surface area contributed by atoms with Crippen LogP contribution < -0.4 is 10.1 Å². The Bertz CT molecular complexity index is 784. The molecular weight excluding hydrogens is 284 g/mol. The zero-order valence-electron chi connectivity index (χ0n) is 11.6. The number of ether oxygens (including phenoxy) is 1. The summed E-state index contributed by atoms with van der Waals surface area (Å²) < 4.78 is 7.36. The molecule has 1 N–H and O–H groups in total. The Morgan fingerprint density at radius 2 is 2.00 bits per heavy atom. The van der Waals surface area contributed by atoms with E-state index in [0.29, 0.717) is 11.5 Å². The van der Waals surface area contributed by atoms with Gasteiger partial charge in [-0.1, -0.05) is 0 Å². The summed E-state index contributed by atoms with van der Waals surface area (Å²) in [5, 5.41) is 6.34. The predicted molar refractivity (Wildman–Crippen MR) is 77.9 cm³/mol. The Kier molecular flexibility index (Phi) is 3.73. The highest BCUT2D eigenvalue weighted by Gasteiger charge is 2.05. The summed E-state index contributed by atoms with van der Waals surface area (Å²) in [6.07, 6.45) is 9.65. The molecule has 0 saturated heterocycles. The number of pyridine rings is 1. The topological polar surface area (TPSA) is 94.8 Å². The van der Waals surface area contributed by atoms with Crippen LogP contribution >= 0.6 is 0 Å². The summed E-state index contributed by atoms with van der Waals surface area (Å²) in [6.45, 7) is 0. The first-order valence-electron chi connectivity index (χ1n) is 6.33. The number of anilines is 1. The second kappa shape index (κ2) is 6.00. The summed E-state index contributed by atoms with van der Waals surface area (Å²) in [4.78, 5) is 22.3. The summed E-state index contributed by atoms with van der Waals surface area (Å²) in [6, 6.07) is 3.52. The Balaban J connectivity index is 1.79. The standard InChI is InChI=1S/C14H11N6O2/c1-20-8-10(5-19-20)13-4-11(2-3-15-13)22-12-6-16-14(17-7-12)18-9-21/h2-8H,1H3,(H,16,17,18,21). The molecule has 3 heterocycles. The molecule has 8 heteroatoms. The van der Waals surface area contributed by atoms with Crippen molar-refractivity contribution in [3.05, 3.63) is 43.1 Å². The molecule has 3 aromatic rings. The van der Waals surface area contributed by atoms with Gasteiger partial charge in [0.2, 0.25) is 5.95 Å². The lowest BCUT2D eigenvalue weighted by atomic mass is 10.2. The number of rotatable bonds is 5. The number of hydrogen-bond acceptors (Lipinski definition) is 6. The van der Waals surface area contributed by atoms with Crippen molar-refractivity contribution in [3.8, 4) is 22.8 Å². The van der Waals surface area contributed by atoms with Crippen molar-refractivity contribution in [1.82, 2.24) is 24.7 Å². The summed E-state index contributed by atoms with van der Waals surface area (Å²) >= 11 is 0. The number of carbonyl (C=O) groups excluding carboxylic acids is 1. The molecule has 0 aliphatic heterocycles. The minimum absolute atomic E-state index is 0.160. The van der Waals surface area contributed by atoms with Crippen LogP contribution in [0.2, 0.25) is 0 Å². The maximum absolute atomic E-state index is 10.2. The van der Waals surface area contributed by atoms with E-state index in [1.54, 1.807) is 29.2 Å². The molecule has 0 bridgehead atoms. The Labute approximate surface area is 125 Å². The van der Waals surface area contributed by atoms with Crippen molar-refractivity contribution in [1.29, 1.82) is 0 Å². The van der Waals surface area contributed by atoms with E-state index in [2.05, 4.69) is 25.4 Å². The van der Waals surface area contributed by atoms with Crippen LogP contribution in [-0.2, 0) is 11.8 Å². The first-order chi connectivity index (χ1) is 10.7. The van der Waals surface area contributed by atoms with E-state index < -0.39 is 0 Å². The van der Waals surface area contributed by atoms with Gasteiger partial charge in [-0.15, -0.1) is 0 Å². The van der Waals surface area contributed by atoms with Crippen molar-refractivity contribution >= 4 is 12.4 Å². The lowest BCUT2D eigenvalue weighted by Crippen LogP contribution is -1.99. The fourth-order valence-electron chi connectivity index (χ4n) is 1.80. The van der Waals surface area contributed by atoms with Crippen LogP contribution in [0, 0.1) is 0 Å². The van der Waals surface area contributed by atoms with E-state index in [1.165, 1.54) is 18.8 Å². The van der Waals surface area contributed by atoms with Gasteiger partial charge in [-0.05, 0) is 6.07 Å². The van der Waals surface area contributed by atoms with Crippen LogP contribution in [0.4, 0.5) is 5.95 Å². The molecule has 0 aliphatic carbocycles. The van der Waals surface area contributed by atoms with E-state index in [4.69, 9.17) is 4.74 Å². The van der Waals surface area contributed by atoms with E-state index in [0.717, 1.165) is 11.3 Å².